The number of rotatable bonds is 6. The fourth-order valence-electron chi connectivity index (χ4n) is 3.43. The van der Waals surface area contributed by atoms with E-state index >= 15 is 0 Å². The van der Waals surface area contributed by atoms with Crippen molar-refractivity contribution in [1.82, 2.24) is 14.8 Å². The molecule has 7 heteroatoms. The molecule has 0 radical (unpaired) electrons. The second kappa shape index (κ2) is 8.31. The van der Waals surface area contributed by atoms with E-state index in [1.165, 1.54) is 5.56 Å². The van der Waals surface area contributed by atoms with Gasteiger partial charge in [-0.15, -0.1) is 6.58 Å². The molecule has 2 aliphatic heterocycles. The number of carbonyl (C=O) groups excluding carboxylic acids is 1. The summed E-state index contributed by atoms with van der Waals surface area (Å²) in [5, 5.41) is 3.12. The number of ether oxygens (including phenoxy) is 2. The minimum atomic E-state index is 0.0479. The third-order valence-corrected chi connectivity index (χ3v) is 4.94. The molecule has 0 saturated carbocycles. The summed E-state index contributed by atoms with van der Waals surface area (Å²) < 4.78 is 10.8. The molecule has 2 aromatic rings. The maximum atomic E-state index is 12.8. The lowest BCUT2D eigenvalue weighted by atomic mass is 10.1. The Balaban J connectivity index is 1.32. The largest absolute Gasteiger partial charge is 0.454 e. The van der Waals surface area contributed by atoms with Gasteiger partial charge < -0.3 is 19.7 Å². The molecule has 1 aromatic carbocycles. The smallest absolute Gasteiger partial charge is 0.254 e. The van der Waals surface area contributed by atoms with Crippen LogP contribution in [0.2, 0.25) is 0 Å². The van der Waals surface area contributed by atoms with Crippen molar-refractivity contribution in [2.75, 3.05) is 44.8 Å². The fraction of sp³-hybridized carbons (Fsp3) is 0.333. The molecule has 1 aromatic heterocycles. The van der Waals surface area contributed by atoms with Gasteiger partial charge in [-0.25, -0.2) is 4.98 Å². The van der Waals surface area contributed by atoms with Gasteiger partial charge in [-0.2, -0.15) is 0 Å². The Morgan fingerprint density at radius 1 is 1.14 bits per heavy atom. The van der Waals surface area contributed by atoms with E-state index in [9.17, 15) is 4.79 Å². The number of amides is 1. The molecule has 28 heavy (non-hydrogen) atoms. The van der Waals surface area contributed by atoms with Crippen molar-refractivity contribution in [3.8, 4) is 11.5 Å². The highest BCUT2D eigenvalue weighted by atomic mass is 16.7. The van der Waals surface area contributed by atoms with Gasteiger partial charge in [-0.1, -0.05) is 12.1 Å². The van der Waals surface area contributed by atoms with Crippen molar-refractivity contribution in [1.29, 1.82) is 0 Å². The third kappa shape index (κ3) is 4.09. The van der Waals surface area contributed by atoms with Gasteiger partial charge in [0, 0.05) is 51.0 Å². The lowest BCUT2D eigenvalue weighted by Crippen LogP contribution is -2.48. The fourth-order valence-corrected chi connectivity index (χ4v) is 3.43. The first-order chi connectivity index (χ1) is 13.7. The molecule has 0 spiro atoms. The van der Waals surface area contributed by atoms with Crippen molar-refractivity contribution < 1.29 is 14.3 Å². The Labute approximate surface area is 164 Å². The summed E-state index contributed by atoms with van der Waals surface area (Å²) in [5.41, 5.74) is 1.85. The van der Waals surface area contributed by atoms with Crippen LogP contribution in [0.25, 0.3) is 0 Å². The molecule has 0 aliphatic carbocycles. The number of nitrogens with one attached hydrogen (secondary N) is 1. The zero-order chi connectivity index (χ0) is 19.3. The topological polar surface area (TPSA) is 66.9 Å². The first kappa shape index (κ1) is 18.3. The molecule has 1 amide bonds. The summed E-state index contributed by atoms with van der Waals surface area (Å²) in [7, 11) is 0. The number of fused-ring (bicyclic) bond motifs is 1. The van der Waals surface area contributed by atoms with E-state index in [0.29, 0.717) is 37.8 Å². The van der Waals surface area contributed by atoms with Crippen LogP contribution in [0.5, 0.6) is 11.5 Å². The Hall–Kier alpha value is -3.06. The number of pyridine rings is 1. The van der Waals surface area contributed by atoms with Gasteiger partial charge in [0.15, 0.2) is 11.5 Å². The molecule has 2 aliphatic rings. The Kier molecular flexibility index (Phi) is 5.43. The van der Waals surface area contributed by atoms with Gasteiger partial charge in [-0.3, -0.25) is 9.69 Å². The number of carbonyl (C=O) groups is 1. The van der Waals surface area contributed by atoms with E-state index in [1.807, 2.05) is 17.0 Å². The average Bonchev–Trinajstić information content (AvgIpc) is 3.20. The molecule has 7 nitrogen and oxygen atoms in total. The molecule has 1 fully saturated rings. The average molecular weight is 380 g/mol. The second-order valence-electron chi connectivity index (χ2n) is 6.86. The Morgan fingerprint density at radius 3 is 2.79 bits per heavy atom. The van der Waals surface area contributed by atoms with Crippen LogP contribution in [0.1, 0.15) is 15.9 Å². The van der Waals surface area contributed by atoms with Crippen LogP contribution in [-0.4, -0.2) is 60.2 Å². The Morgan fingerprint density at radius 2 is 1.96 bits per heavy atom. The number of hydrogen-bond donors (Lipinski definition) is 1. The second-order valence-corrected chi connectivity index (χ2v) is 6.86. The standard InChI is InChI=1S/C21H24N4O3/c1-2-6-22-20-13-17(5-7-23-20)21(26)25-10-8-24(9-11-25)14-16-3-4-18-19(12-16)28-15-27-18/h2-5,7,12-13H,1,6,8-11,14-15H2,(H,22,23). The maximum Gasteiger partial charge on any atom is 0.254 e. The highest BCUT2D eigenvalue weighted by Gasteiger charge is 2.23. The summed E-state index contributed by atoms with van der Waals surface area (Å²) in [4.78, 5) is 21.3. The molecule has 3 heterocycles. The number of benzene rings is 1. The molecular weight excluding hydrogens is 356 g/mol. The van der Waals surface area contributed by atoms with Crippen LogP contribution in [0.15, 0.2) is 49.2 Å². The van der Waals surface area contributed by atoms with Crippen LogP contribution in [0, 0.1) is 0 Å². The van der Waals surface area contributed by atoms with Crippen molar-refractivity contribution in [2.45, 2.75) is 6.54 Å². The third-order valence-electron chi connectivity index (χ3n) is 4.94. The van der Waals surface area contributed by atoms with Gasteiger partial charge in [0.2, 0.25) is 6.79 Å². The SMILES string of the molecule is C=CCNc1cc(C(=O)N2CCN(Cc3ccc4c(c3)OCO4)CC2)ccn1. The molecular formula is C21H24N4O3. The van der Waals surface area contributed by atoms with Crippen molar-refractivity contribution in [2.24, 2.45) is 0 Å². The summed E-state index contributed by atoms with van der Waals surface area (Å²) in [6.45, 7) is 8.52. The first-order valence-electron chi connectivity index (χ1n) is 9.44. The predicted molar refractivity (Wildman–Crippen MR) is 107 cm³/mol. The highest BCUT2D eigenvalue weighted by Crippen LogP contribution is 2.32. The lowest BCUT2D eigenvalue weighted by Gasteiger charge is -2.34. The van der Waals surface area contributed by atoms with E-state index in [0.717, 1.165) is 31.1 Å². The van der Waals surface area contributed by atoms with Crippen molar-refractivity contribution >= 4 is 11.7 Å². The van der Waals surface area contributed by atoms with Gasteiger partial charge in [-0.05, 0) is 29.8 Å². The summed E-state index contributed by atoms with van der Waals surface area (Å²) in [6, 6.07) is 9.62. The minimum Gasteiger partial charge on any atom is -0.454 e. The summed E-state index contributed by atoms with van der Waals surface area (Å²) in [6.07, 6.45) is 3.42. The molecule has 0 unspecified atom stereocenters. The number of anilines is 1. The molecule has 1 N–H and O–H groups in total. The highest BCUT2D eigenvalue weighted by molar-refractivity contribution is 5.94. The van der Waals surface area contributed by atoms with Gasteiger partial charge in [0.05, 0.1) is 0 Å². The van der Waals surface area contributed by atoms with Crippen molar-refractivity contribution in [3.63, 3.8) is 0 Å². The predicted octanol–water partition coefficient (Wildman–Crippen LogP) is 2.37. The quantitative estimate of drug-likeness (QED) is 0.776. The van der Waals surface area contributed by atoms with Gasteiger partial charge in [0.1, 0.15) is 5.82 Å². The van der Waals surface area contributed by atoms with Crippen molar-refractivity contribution in [3.05, 3.63) is 60.3 Å². The van der Waals surface area contributed by atoms with E-state index in [-0.39, 0.29) is 5.91 Å². The normalized spacial score (nSPS) is 16.1. The van der Waals surface area contributed by atoms with Crippen LogP contribution in [-0.2, 0) is 6.54 Å². The van der Waals surface area contributed by atoms with E-state index in [2.05, 4.69) is 27.8 Å². The van der Waals surface area contributed by atoms with E-state index < -0.39 is 0 Å². The number of piperazine rings is 1. The summed E-state index contributed by atoms with van der Waals surface area (Å²) in [5.74, 6) is 2.35. The minimum absolute atomic E-state index is 0.0479. The van der Waals surface area contributed by atoms with E-state index in [4.69, 9.17) is 9.47 Å². The zero-order valence-corrected chi connectivity index (χ0v) is 15.8. The molecule has 4 rings (SSSR count). The van der Waals surface area contributed by atoms with Crippen LogP contribution >= 0.6 is 0 Å². The Bertz CT molecular complexity index is 862. The van der Waals surface area contributed by atoms with Gasteiger partial charge in [0.25, 0.3) is 5.91 Å². The molecule has 0 atom stereocenters. The van der Waals surface area contributed by atoms with Crippen LogP contribution in [0.3, 0.4) is 0 Å². The molecule has 0 bridgehead atoms. The number of hydrogen-bond acceptors (Lipinski definition) is 6. The van der Waals surface area contributed by atoms with Gasteiger partial charge >= 0.3 is 0 Å². The zero-order valence-electron chi connectivity index (χ0n) is 15.8. The molecule has 146 valence electrons. The molecule has 1 saturated heterocycles. The van der Waals surface area contributed by atoms with Crippen LogP contribution < -0.4 is 14.8 Å². The number of nitrogens with zero attached hydrogens (tertiary/aromatic N) is 3. The monoisotopic (exact) mass is 380 g/mol. The first-order valence-corrected chi connectivity index (χ1v) is 9.44. The maximum absolute atomic E-state index is 12.8. The number of aromatic nitrogens is 1. The lowest BCUT2D eigenvalue weighted by molar-refractivity contribution is 0.0628. The van der Waals surface area contributed by atoms with Crippen LogP contribution in [0.4, 0.5) is 5.82 Å². The summed E-state index contributed by atoms with van der Waals surface area (Å²) >= 11 is 0. The van der Waals surface area contributed by atoms with E-state index in [1.54, 1.807) is 24.4 Å².